The Hall–Kier alpha value is -1.13. The van der Waals surface area contributed by atoms with Crippen molar-refractivity contribution in [1.82, 2.24) is 9.78 Å². The summed E-state index contributed by atoms with van der Waals surface area (Å²) < 4.78 is 2.99. The van der Waals surface area contributed by atoms with Gasteiger partial charge in [-0.2, -0.15) is 5.10 Å². The summed E-state index contributed by atoms with van der Waals surface area (Å²) in [6.45, 7) is 4.75. The van der Waals surface area contributed by atoms with E-state index in [9.17, 15) is 0 Å². The summed E-state index contributed by atoms with van der Waals surface area (Å²) in [5, 5.41) is 4.39. The Bertz CT molecular complexity index is 519. The highest BCUT2D eigenvalue weighted by Gasteiger charge is 2.15. The Morgan fingerprint density at radius 2 is 2.12 bits per heavy atom. The third-order valence-electron chi connectivity index (χ3n) is 2.91. The van der Waals surface area contributed by atoms with Crippen LogP contribution in [0.5, 0.6) is 0 Å². The SMILES string of the molecule is Cc1ccccc1-c1c(Br)cnn1C(C)CN. The van der Waals surface area contributed by atoms with E-state index >= 15 is 0 Å². The quantitative estimate of drug-likeness (QED) is 0.945. The zero-order chi connectivity index (χ0) is 12.4. The maximum absolute atomic E-state index is 5.72. The predicted molar refractivity (Wildman–Crippen MR) is 73.9 cm³/mol. The normalized spacial score (nSPS) is 12.7. The third kappa shape index (κ3) is 2.28. The predicted octanol–water partition coefficient (Wildman–Crippen LogP) is 3.14. The van der Waals surface area contributed by atoms with Crippen LogP contribution in [-0.4, -0.2) is 16.3 Å². The van der Waals surface area contributed by atoms with E-state index in [1.54, 1.807) is 0 Å². The molecule has 0 spiro atoms. The summed E-state index contributed by atoms with van der Waals surface area (Å²) >= 11 is 3.56. The van der Waals surface area contributed by atoms with Gasteiger partial charge in [0, 0.05) is 12.1 Å². The summed E-state index contributed by atoms with van der Waals surface area (Å²) in [5.41, 5.74) is 9.25. The van der Waals surface area contributed by atoms with E-state index in [1.165, 1.54) is 11.1 Å². The van der Waals surface area contributed by atoms with Gasteiger partial charge in [-0.1, -0.05) is 24.3 Å². The maximum atomic E-state index is 5.72. The summed E-state index contributed by atoms with van der Waals surface area (Å²) in [5.74, 6) is 0. The average Bonchev–Trinajstić information content (AvgIpc) is 2.71. The van der Waals surface area contributed by atoms with Gasteiger partial charge in [0.2, 0.25) is 0 Å². The van der Waals surface area contributed by atoms with Crippen LogP contribution in [0.15, 0.2) is 34.9 Å². The van der Waals surface area contributed by atoms with Crippen molar-refractivity contribution < 1.29 is 0 Å². The molecule has 0 saturated heterocycles. The van der Waals surface area contributed by atoms with Gasteiger partial charge in [0.05, 0.1) is 22.4 Å². The fourth-order valence-electron chi connectivity index (χ4n) is 1.87. The molecule has 1 atom stereocenters. The second-order valence-corrected chi connectivity index (χ2v) is 5.04. The molecule has 2 aromatic rings. The number of hydrogen-bond acceptors (Lipinski definition) is 2. The molecule has 1 aromatic carbocycles. The molecular formula is C13H16BrN3. The van der Waals surface area contributed by atoms with Crippen LogP contribution >= 0.6 is 15.9 Å². The van der Waals surface area contributed by atoms with Crippen LogP contribution in [0.2, 0.25) is 0 Å². The second-order valence-electron chi connectivity index (χ2n) is 4.19. The molecule has 0 bridgehead atoms. The number of hydrogen-bond donors (Lipinski definition) is 1. The Morgan fingerprint density at radius 1 is 1.41 bits per heavy atom. The van der Waals surface area contributed by atoms with Crippen LogP contribution in [0.3, 0.4) is 0 Å². The summed E-state index contributed by atoms with van der Waals surface area (Å²) in [7, 11) is 0. The molecule has 2 N–H and O–H groups in total. The van der Waals surface area contributed by atoms with Crippen molar-refractivity contribution in [3.8, 4) is 11.3 Å². The summed E-state index contributed by atoms with van der Waals surface area (Å²) in [6.07, 6.45) is 1.83. The highest BCUT2D eigenvalue weighted by Crippen LogP contribution is 2.32. The minimum absolute atomic E-state index is 0.191. The molecular weight excluding hydrogens is 278 g/mol. The van der Waals surface area contributed by atoms with Crippen molar-refractivity contribution in [2.24, 2.45) is 5.73 Å². The van der Waals surface area contributed by atoms with Gasteiger partial charge in [0.25, 0.3) is 0 Å². The standard InChI is InChI=1S/C13H16BrN3/c1-9-5-3-4-6-11(9)13-12(14)8-16-17(13)10(2)7-15/h3-6,8,10H,7,15H2,1-2H3. The Balaban J connectivity index is 2.59. The maximum Gasteiger partial charge on any atom is 0.0830 e. The van der Waals surface area contributed by atoms with Crippen LogP contribution in [0.25, 0.3) is 11.3 Å². The topological polar surface area (TPSA) is 43.8 Å². The van der Waals surface area contributed by atoms with Crippen molar-refractivity contribution in [3.63, 3.8) is 0 Å². The monoisotopic (exact) mass is 293 g/mol. The largest absolute Gasteiger partial charge is 0.328 e. The third-order valence-corrected chi connectivity index (χ3v) is 3.49. The average molecular weight is 294 g/mol. The molecule has 0 radical (unpaired) electrons. The number of halogens is 1. The first-order valence-electron chi connectivity index (χ1n) is 5.64. The number of nitrogens with zero attached hydrogens (tertiary/aromatic N) is 2. The van der Waals surface area contributed by atoms with Gasteiger partial charge in [-0.25, -0.2) is 0 Å². The molecule has 2 rings (SSSR count). The van der Waals surface area contributed by atoms with Crippen molar-refractivity contribution in [2.45, 2.75) is 19.9 Å². The molecule has 0 saturated carbocycles. The molecule has 4 heteroatoms. The van der Waals surface area contributed by atoms with Gasteiger partial charge >= 0.3 is 0 Å². The first-order valence-corrected chi connectivity index (χ1v) is 6.43. The van der Waals surface area contributed by atoms with Crippen LogP contribution in [0.4, 0.5) is 0 Å². The molecule has 0 aliphatic rings. The van der Waals surface area contributed by atoms with Crippen molar-refractivity contribution in [3.05, 3.63) is 40.5 Å². The minimum Gasteiger partial charge on any atom is -0.328 e. The van der Waals surface area contributed by atoms with E-state index in [-0.39, 0.29) is 6.04 Å². The zero-order valence-corrected chi connectivity index (χ0v) is 11.6. The molecule has 0 fully saturated rings. The molecule has 0 aliphatic carbocycles. The van der Waals surface area contributed by atoms with Gasteiger partial charge in [-0.3, -0.25) is 4.68 Å². The molecule has 3 nitrogen and oxygen atoms in total. The summed E-state index contributed by atoms with van der Waals surface area (Å²) in [6, 6.07) is 8.48. The van der Waals surface area contributed by atoms with Gasteiger partial charge in [-0.05, 0) is 35.3 Å². The number of benzene rings is 1. The lowest BCUT2D eigenvalue weighted by Gasteiger charge is -2.15. The molecule has 1 unspecified atom stereocenters. The minimum atomic E-state index is 0.191. The Morgan fingerprint density at radius 3 is 2.76 bits per heavy atom. The lowest BCUT2D eigenvalue weighted by atomic mass is 10.1. The zero-order valence-electron chi connectivity index (χ0n) is 10.0. The molecule has 0 amide bonds. The Kier molecular flexibility index (Phi) is 3.64. The fourth-order valence-corrected chi connectivity index (χ4v) is 2.35. The van der Waals surface area contributed by atoms with E-state index in [0.29, 0.717) is 6.54 Å². The van der Waals surface area contributed by atoms with Crippen molar-refractivity contribution in [1.29, 1.82) is 0 Å². The van der Waals surface area contributed by atoms with Crippen molar-refractivity contribution in [2.75, 3.05) is 6.54 Å². The molecule has 90 valence electrons. The highest BCUT2D eigenvalue weighted by atomic mass is 79.9. The number of nitrogens with two attached hydrogens (primary N) is 1. The number of aryl methyl sites for hydroxylation is 1. The number of aromatic nitrogens is 2. The van der Waals surface area contributed by atoms with Gasteiger partial charge in [-0.15, -0.1) is 0 Å². The number of rotatable bonds is 3. The summed E-state index contributed by atoms with van der Waals surface area (Å²) in [4.78, 5) is 0. The Labute approximate surface area is 110 Å². The van der Waals surface area contributed by atoms with E-state index in [0.717, 1.165) is 10.2 Å². The first-order chi connectivity index (χ1) is 8.15. The van der Waals surface area contributed by atoms with E-state index in [2.05, 4.69) is 47.0 Å². The molecule has 1 heterocycles. The van der Waals surface area contributed by atoms with E-state index in [4.69, 9.17) is 5.73 Å². The first kappa shape index (κ1) is 12.3. The molecule has 17 heavy (non-hydrogen) atoms. The van der Waals surface area contributed by atoms with Crippen LogP contribution in [-0.2, 0) is 0 Å². The van der Waals surface area contributed by atoms with Crippen LogP contribution < -0.4 is 5.73 Å². The molecule has 1 aromatic heterocycles. The van der Waals surface area contributed by atoms with Gasteiger partial charge in [0.15, 0.2) is 0 Å². The van der Waals surface area contributed by atoms with Gasteiger partial charge < -0.3 is 5.73 Å². The van der Waals surface area contributed by atoms with Gasteiger partial charge in [0.1, 0.15) is 0 Å². The highest BCUT2D eigenvalue weighted by molar-refractivity contribution is 9.10. The van der Waals surface area contributed by atoms with Crippen molar-refractivity contribution >= 4 is 15.9 Å². The van der Waals surface area contributed by atoms with E-state index < -0.39 is 0 Å². The van der Waals surface area contributed by atoms with Crippen LogP contribution in [0, 0.1) is 6.92 Å². The lowest BCUT2D eigenvalue weighted by Crippen LogP contribution is -2.18. The lowest BCUT2D eigenvalue weighted by molar-refractivity contribution is 0.506. The second kappa shape index (κ2) is 5.02. The van der Waals surface area contributed by atoms with E-state index in [1.807, 2.05) is 23.0 Å². The molecule has 0 aliphatic heterocycles. The van der Waals surface area contributed by atoms with Crippen LogP contribution in [0.1, 0.15) is 18.5 Å². The smallest absolute Gasteiger partial charge is 0.0830 e. The fraction of sp³-hybridized carbons (Fsp3) is 0.308.